The van der Waals surface area contributed by atoms with Crippen molar-refractivity contribution in [3.05, 3.63) is 39.7 Å². The minimum absolute atomic E-state index is 0.241. The summed E-state index contributed by atoms with van der Waals surface area (Å²) in [4.78, 5) is 11.6. The van der Waals surface area contributed by atoms with Gasteiger partial charge in [0.15, 0.2) is 5.76 Å². The van der Waals surface area contributed by atoms with Gasteiger partial charge in [0.25, 0.3) is 0 Å². The van der Waals surface area contributed by atoms with Crippen LogP contribution in [0.1, 0.15) is 26.5 Å². The van der Waals surface area contributed by atoms with Gasteiger partial charge in [-0.2, -0.15) is 0 Å². The molecule has 0 saturated carbocycles. The topological polar surface area (TPSA) is 64.4 Å². The van der Waals surface area contributed by atoms with Crippen molar-refractivity contribution in [1.82, 2.24) is 10.5 Å². The second kappa shape index (κ2) is 6.46. The molecule has 1 amide bonds. The molecule has 0 atom stereocenters. The summed E-state index contributed by atoms with van der Waals surface area (Å²) in [5.74, 6) is 0.579. The van der Waals surface area contributed by atoms with Gasteiger partial charge >= 0.3 is 6.09 Å². The Morgan fingerprint density at radius 3 is 2.76 bits per heavy atom. The van der Waals surface area contributed by atoms with Gasteiger partial charge in [-0.1, -0.05) is 23.4 Å². The lowest BCUT2D eigenvalue weighted by atomic mass is 10.1. The highest BCUT2D eigenvalue weighted by molar-refractivity contribution is 14.1. The van der Waals surface area contributed by atoms with Gasteiger partial charge in [-0.15, -0.1) is 0 Å². The summed E-state index contributed by atoms with van der Waals surface area (Å²) >= 11 is 2.25. The van der Waals surface area contributed by atoms with Crippen molar-refractivity contribution < 1.29 is 14.1 Å². The molecule has 21 heavy (non-hydrogen) atoms. The van der Waals surface area contributed by atoms with Crippen LogP contribution in [0.4, 0.5) is 4.79 Å². The molecule has 0 bridgehead atoms. The number of aromatic nitrogens is 1. The van der Waals surface area contributed by atoms with Crippen molar-refractivity contribution in [1.29, 1.82) is 0 Å². The first-order valence-corrected chi connectivity index (χ1v) is 7.60. The zero-order chi connectivity index (χ0) is 15.5. The minimum Gasteiger partial charge on any atom is -0.444 e. The van der Waals surface area contributed by atoms with Crippen LogP contribution in [0.15, 0.2) is 34.9 Å². The fourth-order valence-electron chi connectivity index (χ4n) is 1.67. The number of hydrogen-bond donors (Lipinski definition) is 1. The smallest absolute Gasteiger partial charge is 0.408 e. The molecule has 112 valence electrons. The van der Waals surface area contributed by atoms with Gasteiger partial charge in [-0.25, -0.2) is 4.79 Å². The van der Waals surface area contributed by atoms with Crippen LogP contribution in [0, 0.1) is 3.57 Å². The number of rotatable bonds is 3. The van der Waals surface area contributed by atoms with Crippen LogP contribution >= 0.6 is 22.6 Å². The number of carbonyl (C=O) groups is 1. The fourth-order valence-corrected chi connectivity index (χ4v) is 2.33. The monoisotopic (exact) mass is 400 g/mol. The summed E-state index contributed by atoms with van der Waals surface area (Å²) in [7, 11) is 0. The molecule has 1 heterocycles. The molecular weight excluding hydrogens is 383 g/mol. The van der Waals surface area contributed by atoms with Gasteiger partial charge in [0, 0.05) is 15.2 Å². The van der Waals surface area contributed by atoms with Crippen LogP contribution in [0.3, 0.4) is 0 Å². The van der Waals surface area contributed by atoms with Crippen molar-refractivity contribution >= 4 is 28.7 Å². The molecular formula is C15H17IN2O3. The molecule has 2 aromatic rings. The van der Waals surface area contributed by atoms with Gasteiger partial charge in [0.05, 0.1) is 6.54 Å². The molecule has 5 nitrogen and oxygen atoms in total. The molecule has 0 spiro atoms. The Hall–Kier alpha value is -1.57. The van der Waals surface area contributed by atoms with Crippen molar-refractivity contribution in [2.75, 3.05) is 0 Å². The van der Waals surface area contributed by atoms with E-state index in [0.717, 1.165) is 14.8 Å². The molecule has 1 N–H and O–H groups in total. The Morgan fingerprint density at radius 1 is 1.38 bits per heavy atom. The number of carbonyl (C=O) groups excluding carboxylic acids is 1. The normalized spacial score (nSPS) is 11.2. The molecule has 1 aromatic heterocycles. The summed E-state index contributed by atoms with van der Waals surface area (Å²) in [6, 6.07) is 9.71. The Labute approximate surface area is 137 Å². The van der Waals surface area contributed by atoms with E-state index in [4.69, 9.17) is 9.26 Å². The summed E-state index contributed by atoms with van der Waals surface area (Å²) in [5.41, 5.74) is 1.24. The summed E-state index contributed by atoms with van der Waals surface area (Å²) in [6.45, 7) is 5.69. The largest absolute Gasteiger partial charge is 0.444 e. The maximum absolute atomic E-state index is 11.6. The zero-order valence-corrected chi connectivity index (χ0v) is 14.3. The Bertz CT molecular complexity index is 632. The predicted octanol–water partition coefficient (Wildman–Crippen LogP) is 3.97. The first-order chi connectivity index (χ1) is 9.85. The predicted molar refractivity (Wildman–Crippen MR) is 87.7 cm³/mol. The van der Waals surface area contributed by atoms with E-state index in [1.54, 1.807) is 0 Å². The van der Waals surface area contributed by atoms with Crippen LogP contribution in [0.2, 0.25) is 0 Å². The molecule has 0 aliphatic carbocycles. The number of nitrogens with one attached hydrogen (secondary N) is 1. The highest BCUT2D eigenvalue weighted by Gasteiger charge is 2.16. The fraction of sp³-hybridized carbons (Fsp3) is 0.333. The van der Waals surface area contributed by atoms with Gasteiger partial charge in [-0.3, -0.25) is 0 Å². The van der Waals surface area contributed by atoms with Crippen LogP contribution in [0.25, 0.3) is 11.3 Å². The number of alkyl carbamates (subject to hydrolysis) is 1. The third kappa shape index (κ3) is 4.73. The minimum atomic E-state index is -0.517. The second-order valence-corrected chi connectivity index (χ2v) is 6.68. The maximum Gasteiger partial charge on any atom is 0.408 e. The Kier molecular flexibility index (Phi) is 4.87. The molecule has 0 aliphatic rings. The highest BCUT2D eigenvalue weighted by Crippen LogP contribution is 2.24. The van der Waals surface area contributed by atoms with Crippen molar-refractivity contribution in [2.45, 2.75) is 32.9 Å². The van der Waals surface area contributed by atoms with E-state index in [0.29, 0.717) is 5.76 Å². The van der Waals surface area contributed by atoms with Crippen LogP contribution in [-0.2, 0) is 11.3 Å². The lowest BCUT2D eigenvalue weighted by molar-refractivity contribution is 0.0519. The number of amides is 1. The molecule has 0 unspecified atom stereocenters. The van der Waals surface area contributed by atoms with Crippen molar-refractivity contribution in [3.8, 4) is 11.3 Å². The maximum atomic E-state index is 11.6. The average molecular weight is 400 g/mol. The number of hydrogen-bond acceptors (Lipinski definition) is 4. The summed E-state index contributed by atoms with van der Waals surface area (Å²) in [6.07, 6.45) is -0.477. The quantitative estimate of drug-likeness (QED) is 0.792. The van der Waals surface area contributed by atoms with E-state index in [1.807, 2.05) is 51.1 Å². The SMILES string of the molecule is CC(C)(C)OC(=O)NCc1cc(-c2ccccc2I)no1. The number of benzene rings is 1. The highest BCUT2D eigenvalue weighted by atomic mass is 127. The standard InChI is InChI=1S/C15H17IN2O3/c1-15(2,3)20-14(19)17-9-10-8-13(18-21-10)11-6-4-5-7-12(11)16/h4-8H,9H2,1-3H3,(H,17,19). The average Bonchev–Trinajstić information content (AvgIpc) is 2.83. The molecule has 2 rings (SSSR count). The van der Waals surface area contributed by atoms with Crippen LogP contribution in [0.5, 0.6) is 0 Å². The van der Waals surface area contributed by atoms with Crippen LogP contribution < -0.4 is 5.32 Å². The van der Waals surface area contributed by atoms with E-state index >= 15 is 0 Å². The van der Waals surface area contributed by atoms with Gasteiger partial charge in [0.2, 0.25) is 0 Å². The first-order valence-electron chi connectivity index (χ1n) is 6.52. The third-order valence-corrected chi connectivity index (χ3v) is 3.46. The van der Waals surface area contributed by atoms with Crippen molar-refractivity contribution in [2.24, 2.45) is 0 Å². The molecule has 0 radical (unpaired) electrons. The Balaban J connectivity index is 1.98. The molecule has 0 saturated heterocycles. The van der Waals surface area contributed by atoms with Crippen LogP contribution in [-0.4, -0.2) is 16.9 Å². The van der Waals surface area contributed by atoms with Crippen molar-refractivity contribution in [3.63, 3.8) is 0 Å². The molecule has 0 aliphatic heterocycles. The zero-order valence-electron chi connectivity index (χ0n) is 12.1. The van der Waals surface area contributed by atoms with E-state index in [-0.39, 0.29) is 6.54 Å². The lowest BCUT2D eigenvalue weighted by Gasteiger charge is -2.19. The number of ether oxygens (including phenoxy) is 1. The van der Waals surface area contributed by atoms with Gasteiger partial charge in [0.1, 0.15) is 11.3 Å². The Morgan fingerprint density at radius 2 is 2.10 bits per heavy atom. The third-order valence-electron chi connectivity index (χ3n) is 2.51. The van der Waals surface area contributed by atoms with Gasteiger partial charge in [-0.05, 0) is 49.4 Å². The van der Waals surface area contributed by atoms with E-state index < -0.39 is 11.7 Å². The van der Waals surface area contributed by atoms with E-state index in [1.165, 1.54) is 0 Å². The van der Waals surface area contributed by atoms with E-state index in [9.17, 15) is 4.79 Å². The molecule has 6 heteroatoms. The second-order valence-electron chi connectivity index (χ2n) is 5.51. The summed E-state index contributed by atoms with van der Waals surface area (Å²) < 4.78 is 11.5. The van der Waals surface area contributed by atoms with E-state index in [2.05, 4.69) is 33.1 Å². The lowest BCUT2D eigenvalue weighted by Crippen LogP contribution is -2.32. The molecule has 1 aromatic carbocycles. The van der Waals surface area contributed by atoms with Gasteiger partial charge < -0.3 is 14.6 Å². The first kappa shape index (κ1) is 15.8. The number of halogens is 1. The number of nitrogens with zero attached hydrogens (tertiary/aromatic N) is 1. The molecule has 0 fully saturated rings. The summed E-state index contributed by atoms with van der Waals surface area (Å²) in [5, 5.41) is 6.67.